The predicted octanol–water partition coefficient (Wildman–Crippen LogP) is 1.48. The highest BCUT2D eigenvalue weighted by atomic mass is 79.9. The van der Waals surface area contributed by atoms with Crippen molar-refractivity contribution in [1.82, 2.24) is 14.6 Å². The smallest absolute Gasteiger partial charge is 0.243 e. The van der Waals surface area contributed by atoms with Crippen LogP contribution in [-0.4, -0.2) is 40.6 Å². The fourth-order valence-corrected chi connectivity index (χ4v) is 4.43. The van der Waals surface area contributed by atoms with Crippen molar-refractivity contribution in [3.63, 3.8) is 0 Å². The summed E-state index contributed by atoms with van der Waals surface area (Å²) in [5.74, 6) is 0.748. The minimum atomic E-state index is -2.93. The second-order valence-electron chi connectivity index (χ2n) is 4.57. The molecule has 1 N–H and O–H groups in total. The van der Waals surface area contributed by atoms with Gasteiger partial charge in [0, 0.05) is 12.7 Å². The van der Waals surface area contributed by atoms with Crippen LogP contribution >= 0.6 is 15.9 Å². The van der Waals surface area contributed by atoms with E-state index < -0.39 is 9.84 Å². The normalized spacial score (nSPS) is 21.8. The van der Waals surface area contributed by atoms with Gasteiger partial charge >= 0.3 is 0 Å². The fourth-order valence-electron chi connectivity index (χ4n) is 2.24. The van der Waals surface area contributed by atoms with Gasteiger partial charge in [-0.1, -0.05) is 0 Å². The first-order valence-electron chi connectivity index (χ1n) is 6.02. The molecule has 19 heavy (non-hydrogen) atoms. The Morgan fingerprint density at radius 1 is 1.53 bits per heavy atom. The molecule has 3 rings (SSSR count). The van der Waals surface area contributed by atoms with Crippen LogP contribution in [0.25, 0.3) is 5.65 Å². The molecule has 1 aliphatic rings. The Kier molecular flexibility index (Phi) is 3.22. The molecule has 6 nitrogen and oxygen atoms in total. The van der Waals surface area contributed by atoms with Gasteiger partial charge in [0.25, 0.3) is 0 Å². The van der Waals surface area contributed by atoms with Gasteiger partial charge in [0.2, 0.25) is 5.95 Å². The van der Waals surface area contributed by atoms with E-state index >= 15 is 0 Å². The lowest BCUT2D eigenvalue weighted by Gasteiger charge is -2.08. The van der Waals surface area contributed by atoms with Gasteiger partial charge in [-0.15, -0.1) is 5.10 Å². The summed E-state index contributed by atoms with van der Waals surface area (Å²) in [6.45, 7) is 0.372. The molecule has 0 radical (unpaired) electrons. The highest BCUT2D eigenvalue weighted by Crippen LogP contribution is 2.21. The van der Waals surface area contributed by atoms with Crippen molar-refractivity contribution in [3.8, 4) is 0 Å². The summed E-state index contributed by atoms with van der Waals surface area (Å²) in [5.41, 5.74) is 0.708. The Morgan fingerprint density at radius 3 is 3.05 bits per heavy atom. The number of rotatable bonds is 3. The molecule has 0 aromatic carbocycles. The molecule has 2 aromatic rings. The molecule has 102 valence electrons. The van der Waals surface area contributed by atoms with Crippen LogP contribution in [0.15, 0.2) is 22.8 Å². The zero-order chi connectivity index (χ0) is 13.5. The third-order valence-corrected chi connectivity index (χ3v) is 6.16. The average Bonchev–Trinajstić information content (AvgIpc) is 2.90. The van der Waals surface area contributed by atoms with Gasteiger partial charge in [-0.3, -0.25) is 0 Å². The molecule has 0 spiro atoms. The molecular weight excluding hydrogens is 332 g/mol. The lowest BCUT2D eigenvalue weighted by Crippen LogP contribution is -2.25. The Morgan fingerprint density at radius 2 is 2.37 bits per heavy atom. The van der Waals surface area contributed by atoms with E-state index in [4.69, 9.17) is 0 Å². The van der Waals surface area contributed by atoms with Crippen LogP contribution in [0.5, 0.6) is 0 Å². The minimum Gasteiger partial charge on any atom is -0.352 e. The summed E-state index contributed by atoms with van der Waals surface area (Å²) in [5, 5.41) is 6.95. The number of nitrogens with zero attached hydrogens (tertiary/aromatic N) is 3. The molecule has 1 saturated heterocycles. The van der Waals surface area contributed by atoms with Gasteiger partial charge in [-0.25, -0.2) is 12.9 Å². The van der Waals surface area contributed by atoms with E-state index in [2.05, 4.69) is 31.3 Å². The predicted molar refractivity (Wildman–Crippen MR) is 76.0 cm³/mol. The summed E-state index contributed by atoms with van der Waals surface area (Å²) in [7, 11) is -2.93. The lowest BCUT2D eigenvalue weighted by atomic mass is 10.2. The molecule has 3 heterocycles. The van der Waals surface area contributed by atoms with Crippen molar-refractivity contribution in [2.75, 3.05) is 17.6 Å². The monoisotopic (exact) mass is 344 g/mol. The van der Waals surface area contributed by atoms with E-state index in [0.29, 0.717) is 30.3 Å². The highest BCUT2D eigenvalue weighted by Gasteiger charge is 2.31. The van der Waals surface area contributed by atoms with Gasteiger partial charge in [0.15, 0.2) is 15.5 Å². The van der Waals surface area contributed by atoms with Crippen LogP contribution in [0.2, 0.25) is 0 Å². The third-order valence-electron chi connectivity index (χ3n) is 3.27. The van der Waals surface area contributed by atoms with Crippen LogP contribution in [0, 0.1) is 0 Å². The van der Waals surface area contributed by atoms with Gasteiger partial charge in [-0.05, 0) is 40.9 Å². The maximum atomic E-state index is 11.7. The van der Waals surface area contributed by atoms with Crippen LogP contribution in [0.1, 0.15) is 12.8 Å². The maximum Gasteiger partial charge on any atom is 0.243 e. The molecule has 1 fully saturated rings. The second kappa shape index (κ2) is 4.75. The van der Waals surface area contributed by atoms with Crippen molar-refractivity contribution >= 4 is 37.4 Å². The Hall–Kier alpha value is -1.15. The summed E-state index contributed by atoms with van der Waals surface area (Å²) in [4.78, 5) is 4.32. The molecule has 0 aliphatic carbocycles. The summed E-state index contributed by atoms with van der Waals surface area (Å²) in [6, 6.07) is 3.74. The van der Waals surface area contributed by atoms with E-state index in [9.17, 15) is 8.42 Å². The van der Waals surface area contributed by atoms with Crippen LogP contribution in [0.4, 0.5) is 5.95 Å². The molecule has 2 aromatic heterocycles. The largest absolute Gasteiger partial charge is 0.352 e. The van der Waals surface area contributed by atoms with Crippen molar-refractivity contribution in [2.45, 2.75) is 18.1 Å². The van der Waals surface area contributed by atoms with E-state index in [-0.39, 0.29) is 5.25 Å². The third kappa shape index (κ3) is 2.46. The second-order valence-corrected chi connectivity index (χ2v) is 7.83. The lowest BCUT2D eigenvalue weighted by molar-refractivity contribution is 0.591. The van der Waals surface area contributed by atoms with E-state index in [1.807, 2.05) is 12.1 Å². The van der Waals surface area contributed by atoms with Crippen LogP contribution in [0.3, 0.4) is 0 Å². The number of halogens is 1. The van der Waals surface area contributed by atoms with Gasteiger partial charge in [0.05, 0.1) is 15.5 Å². The Labute approximate surface area is 119 Å². The summed E-state index contributed by atoms with van der Waals surface area (Å²) < 4.78 is 25.9. The summed E-state index contributed by atoms with van der Waals surface area (Å²) >= 11 is 3.40. The molecule has 1 atom stereocenters. The van der Waals surface area contributed by atoms with Gasteiger partial charge < -0.3 is 5.32 Å². The highest BCUT2D eigenvalue weighted by molar-refractivity contribution is 9.10. The number of hydrogen-bond acceptors (Lipinski definition) is 5. The number of anilines is 1. The van der Waals surface area contributed by atoms with Gasteiger partial charge in [-0.2, -0.15) is 4.98 Å². The number of hydrogen-bond donors (Lipinski definition) is 1. The zero-order valence-electron chi connectivity index (χ0n) is 10.1. The van der Waals surface area contributed by atoms with E-state index in [1.165, 1.54) is 0 Å². The molecular formula is C11H13BrN4O2S. The number of nitrogens with one attached hydrogen (secondary N) is 1. The standard InChI is InChI=1S/C11H13BrN4O2S/c12-9-4-1-5-16-10(9)14-11(15-16)13-7-8-3-2-6-19(8,17)18/h1,4-5,8H,2-3,6-7H2,(H,13,15). The van der Waals surface area contributed by atoms with Crippen molar-refractivity contribution in [2.24, 2.45) is 0 Å². The fraction of sp³-hybridized carbons (Fsp3) is 0.455. The topological polar surface area (TPSA) is 76.4 Å². The number of pyridine rings is 1. The van der Waals surface area contributed by atoms with Crippen molar-refractivity contribution < 1.29 is 8.42 Å². The first kappa shape index (κ1) is 12.9. The molecule has 8 heteroatoms. The SMILES string of the molecule is O=S1(=O)CCCC1CNc1nc2c(Br)cccn2n1. The minimum absolute atomic E-state index is 0.295. The van der Waals surface area contributed by atoms with Crippen LogP contribution < -0.4 is 5.32 Å². The van der Waals surface area contributed by atoms with E-state index in [0.717, 1.165) is 10.9 Å². The quantitative estimate of drug-likeness (QED) is 0.912. The van der Waals surface area contributed by atoms with Gasteiger partial charge in [0.1, 0.15) is 0 Å². The van der Waals surface area contributed by atoms with E-state index in [1.54, 1.807) is 10.7 Å². The average molecular weight is 345 g/mol. The molecule has 1 aliphatic heterocycles. The number of fused-ring (bicyclic) bond motifs is 1. The van der Waals surface area contributed by atoms with Crippen molar-refractivity contribution in [1.29, 1.82) is 0 Å². The Balaban J connectivity index is 1.77. The molecule has 0 bridgehead atoms. The Bertz CT molecular complexity index is 713. The molecule has 1 unspecified atom stereocenters. The zero-order valence-corrected chi connectivity index (χ0v) is 12.5. The van der Waals surface area contributed by atoms with Crippen LogP contribution in [-0.2, 0) is 9.84 Å². The summed E-state index contributed by atoms with van der Waals surface area (Å²) in [6.07, 6.45) is 3.26. The number of aromatic nitrogens is 3. The first-order chi connectivity index (χ1) is 9.06. The molecule has 0 saturated carbocycles. The maximum absolute atomic E-state index is 11.7. The first-order valence-corrected chi connectivity index (χ1v) is 8.53. The van der Waals surface area contributed by atoms with Crippen molar-refractivity contribution in [3.05, 3.63) is 22.8 Å². The molecule has 0 amide bonds. The number of sulfone groups is 1.